The van der Waals surface area contributed by atoms with Crippen LogP contribution >= 0.6 is 15.9 Å². The predicted octanol–water partition coefficient (Wildman–Crippen LogP) is 2.21. The quantitative estimate of drug-likeness (QED) is 0.757. The Hall–Kier alpha value is -1.67. The van der Waals surface area contributed by atoms with E-state index in [9.17, 15) is 4.79 Å². The smallest absolute Gasteiger partial charge is 0.247 e. The molecule has 7 nitrogen and oxygen atoms in total. The van der Waals surface area contributed by atoms with Gasteiger partial charge in [0, 0.05) is 51.5 Å². The number of carbonyl (C=O) groups is 1. The highest BCUT2D eigenvalue weighted by atomic mass is 79.9. The predicted molar refractivity (Wildman–Crippen MR) is 104 cm³/mol. The Morgan fingerprint density at radius 1 is 1.15 bits per heavy atom. The fourth-order valence-electron chi connectivity index (χ4n) is 3.56. The van der Waals surface area contributed by atoms with E-state index < -0.39 is 0 Å². The molecule has 1 atom stereocenters. The molecular formula is C18H27BrN6O. The fraction of sp³-hybridized carbons (Fsp3) is 0.611. The van der Waals surface area contributed by atoms with Gasteiger partial charge < -0.3 is 4.90 Å². The van der Waals surface area contributed by atoms with Gasteiger partial charge in [0.1, 0.15) is 6.04 Å². The lowest BCUT2D eigenvalue weighted by Crippen LogP contribution is -2.50. The Kier molecular flexibility index (Phi) is 5.53. The maximum atomic E-state index is 12.9. The summed E-state index contributed by atoms with van der Waals surface area (Å²) < 4.78 is 4.67. The van der Waals surface area contributed by atoms with E-state index in [0.29, 0.717) is 0 Å². The molecule has 1 aliphatic heterocycles. The molecule has 0 N–H and O–H groups in total. The fourth-order valence-corrected chi connectivity index (χ4v) is 3.82. The Morgan fingerprint density at radius 3 is 2.31 bits per heavy atom. The first-order chi connectivity index (χ1) is 12.3. The lowest BCUT2D eigenvalue weighted by atomic mass is 10.2. The molecule has 2 aromatic rings. The third kappa shape index (κ3) is 3.71. The molecule has 0 aromatic carbocycles. The van der Waals surface area contributed by atoms with Gasteiger partial charge in [0.2, 0.25) is 5.91 Å². The highest BCUT2D eigenvalue weighted by Crippen LogP contribution is 2.24. The summed E-state index contributed by atoms with van der Waals surface area (Å²) in [5, 5.41) is 8.92. The first-order valence-corrected chi connectivity index (χ1v) is 9.78. The number of rotatable bonds is 4. The summed E-state index contributed by atoms with van der Waals surface area (Å²) in [7, 11) is 1.95. The maximum absolute atomic E-state index is 12.9. The van der Waals surface area contributed by atoms with Crippen molar-refractivity contribution >= 4 is 21.8 Å². The van der Waals surface area contributed by atoms with Gasteiger partial charge in [0.05, 0.1) is 21.6 Å². The molecular weight excluding hydrogens is 396 g/mol. The number of carbonyl (C=O) groups excluding carboxylic acids is 1. The van der Waals surface area contributed by atoms with Crippen molar-refractivity contribution in [2.75, 3.05) is 26.2 Å². The number of aromatic nitrogens is 4. The van der Waals surface area contributed by atoms with Crippen LogP contribution in [0.25, 0.3) is 0 Å². The van der Waals surface area contributed by atoms with Gasteiger partial charge in [-0.3, -0.25) is 19.1 Å². The third-order valence-corrected chi connectivity index (χ3v) is 6.30. The Morgan fingerprint density at radius 2 is 1.81 bits per heavy atom. The molecule has 1 fully saturated rings. The second-order valence-electron chi connectivity index (χ2n) is 7.12. The average Bonchev–Trinajstić information content (AvgIpc) is 3.07. The Balaban J connectivity index is 1.59. The second kappa shape index (κ2) is 7.52. The van der Waals surface area contributed by atoms with Crippen molar-refractivity contribution in [2.45, 2.75) is 40.3 Å². The van der Waals surface area contributed by atoms with Gasteiger partial charge in [-0.05, 0) is 43.6 Å². The number of aryl methyl sites for hydroxylation is 3. The van der Waals surface area contributed by atoms with Crippen molar-refractivity contribution in [3.05, 3.63) is 33.3 Å². The van der Waals surface area contributed by atoms with E-state index in [1.807, 2.05) is 49.0 Å². The minimum atomic E-state index is -0.285. The zero-order chi connectivity index (χ0) is 19.0. The normalized spacial score (nSPS) is 16.9. The first kappa shape index (κ1) is 19.1. The third-order valence-electron chi connectivity index (χ3n) is 5.15. The molecule has 142 valence electrons. The van der Waals surface area contributed by atoms with Crippen molar-refractivity contribution in [3.8, 4) is 0 Å². The summed E-state index contributed by atoms with van der Waals surface area (Å²) in [4.78, 5) is 17.3. The number of nitrogens with zero attached hydrogens (tertiary/aromatic N) is 6. The van der Waals surface area contributed by atoms with Gasteiger partial charge in [0.15, 0.2) is 0 Å². The van der Waals surface area contributed by atoms with Crippen LogP contribution in [0.4, 0.5) is 0 Å². The number of hydrogen-bond acceptors (Lipinski definition) is 4. The van der Waals surface area contributed by atoms with Crippen LogP contribution in [-0.2, 0) is 18.4 Å². The van der Waals surface area contributed by atoms with Gasteiger partial charge >= 0.3 is 0 Å². The molecule has 3 heterocycles. The van der Waals surface area contributed by atoms with Crippen molar-refractivity contribution < 1.29 is 4.79 Å². The molecule has 26 heavy (non-hydrogen) atoms. The van der Waals surface area contributed by atoms with Crippen LogP contribution in [0.15, 0.2) is 10.7 Å². The molecule has 0 aliphatic carbocycles. The Bertz CT molecular complexity index is 803. The summed E-state index contributed by atoms with van der Waals surface area (Å²) in [6.45, 7) is 12.1. The molecule has 2 aromatic heterocycles. The van der Waals surface area contributed by atoms with Gasteiger partial charge in [-0.1, -0.05) is 0 Å². The van der Waals surface area contributed by atoms with Crippen LogP contribution in [0.2, 0.25) is 0 Å². The van der Waals surface area contributed by atoms with Gasteiger partial charge in [0.25, 0.3) is 0 Å². The van der Waals surface area contributed by atoms with Gasteiger partial charge in [-0.15, -0.1) is 0 Å². The summed E-state index contributed by atoms with van der Waals surface area (Å²) >= 11 is 3.54. The molecule has 1 amide bonds. The maximum Gasteiger partial charge on any atom is 0.247 e. The topological polar surface area (TPSA) is 59.2 Å². The molecule has 3 rings (SSSR count). The van der Waals surface area contributed by atoms with Crippen molar-refractivity contribution in [2.24, 2.45) is 7.05 Å². The summed E-state index contributed by atoms with van der Waals surface area (Å²) in [6.07, 6.45) is 2.08. The number of halogens is 1. The van der Waals surface area contributed by atoms with Crippen LogP contribution in [0, 0.1) is 20.8 Å². The van der Waals surface area contributed by atoms with Crippen LogP contribution in [0.1, 0.15) is 35.6 Å². The van der Waals surface area contributed by atoms with Crippen LogP contribution < -0.4 is 0 Å². The van der Waals surface area contributed by atoms with E-state index in [-0.39, 0.29) is 11.9 Å². The van der Waals surface area contributed by atoms with Crippen molar-refractivity contribution in [1.29, 1.82) is 0 Å². The average molecular weight is 423 g/mol. The van der Waals surface area contributed by atoms with Gasteiger partial charge in [-0.2, -0.15) is 10.2 Å². The van der Waals surface area contributed by atoms with Crippen LogP contribution in [0.3, 0.4) is 0 Å². The van der Waals surface area contributed by atoms with Crippen molar-refractivity contribution in [1.82, 2.24) is 29.4 Å². The van der Waals surface area contributed by atoms with Crippen LogP contribution in [0.5, 0.6) is 0 Å². The summed E-state index contributed by atoms with van der Waals surface area (Å²) in [6, 6.07) is -0.285. The molecule has 8 heteroatoms. The van der Waals surface area contributed by atoms with E-state index in [1.165, 1.54) is 5.56 Å². The molecule has 1 aliphatic rings. The highest BCUT2D eigenvalue weighted by Gasteiger charge is 2.28. The van der Waals surface area contributed by atoms with E-state index in [0.717, 1.165) is 54.3 Å². The highest BCUT2D eigenvalue weighted by molar-refractivity contribution is 9.10. The largest absolute Gasteiger partial charge is 0.338 e. The van der Waals surface area contributed by atoms with Crippen LogP contribution in [-0.4, -0.2) is 61.4 Å². The Labute approximate surface area is 163 Å². The molecule has 0 saturated carbocycles. The SMILES string of the molecule is Cc1nn(C)cc1CN1CCN(C(=O)C(C)n2nc(C)c(Br)c2C)CC1. The molecule has 0 spiro atoms. The summed E-state index contributed by atoms with van der Waals surface area (Å²) in [5.41, 5.74) is 4.25. The zero-order valence-corrected chi connectivity index (χ0v) is 17.7. The zero-order valence-electron chi connectivity index (χ0n) is 16.2. The molecule has 1 saturated heterocycles. The van der Waals surface area contributed by atoms with Crippen molar-refractivity contribution in [3.63, 3.8) is 0 Å². The minimum absolute atomic E-state index is 0.139. The molecule has 1 unspecified atom stereocenters. The number of amides is 1. The second-order valence-corrected chi connectivity index (χ2v) is 7.91. The standard InChI is InChI=1S/C18H27BrN6O/c1-12-16(10-22(5)20-12)11-23-6-8-24(9-7-23)18(26)15(4)25-14(3)17(19)13(2)21-25/h10,15H,6-9,11H2,1-5H3. The summed E-state index contributed by atoms with van der Waals surface area (Å²) in [5.74, 6) is 0.139. The lowest BCUT2D eigenvalue weighted by Gasteiger charge is -2.36. The van der Waals surface area contributed by atoms with E-state index in [1.54, 1.807) is 0 Å². The number of hydrogen-bond donors (Lipinski definition) is 0. The first-order valence-electron chi connectivity index (χ1n) is 8.99. The molecule has 0 bridgehead atoms. The number of piperazine rings is 1. The van der Waals surface area contributed by atoms with E-state index in [2.05, 4.69) is 37.2 Å². The van der Waals surface area contributed by atoms with E-state index in [4.69, 9.17) is 0 Å². The lowest BCUT2D eigenvalue weighted by molar-refractivity contribution is -0.136. The minimum Gasteiger partial charge on any atom is -0.338 e. The van der Waals surface area contributed by atoms with Gasteiger partial charge in [-0.25, -0.2) is 0 Å². The monoisotopic (exact) mass is 422 g/mol. The molecule has 0 radical (unpaired) electrons. The van der Waals surface area contributed by atoms with E-state index >= 15 is 0 Å².